The normalized spacial score (nSPS) is 12.3. The summed E-state index contributed by atoms with van der Waals surface area (Å²) in [6.07, 6.45) is -2.46. The highest BCUT2D eigenvalue weighted by atomic mass is 32.2. The van der Waals surface area contributed by atoms with Gasteiger partial charge in [0.1, 0.15) is 0 Å². The van der Waals surface area contributed by atoms with E-state index in [1.165, 1.54) is 24.1 Å². The third kappa shape index (κ3) is 5.22. The molecule has 1 aromatic rings. The SMILES string of the molecule is CN(CCS(=O)(=O)c1cccc(CN)c1)CC(F)F. The zero-order valence-corrected chi connectivity index (χ0v) is 11.5. The topological polar surface area (TPSA) is 63.4 Å². The van der Waals surface area contributed by atoms with Crippen molar-refractivity contribution in [1.29, 1.82) is 0 Å². The van der Waals surface area contributed by atoms with E-state index >= 15 is 0 Å². The molecule has 0 fully saturated rings. The van der Waals surface area contributed by atoms with Gasteiger partial charge >= 0.3 is 0 Å². The van der Waals surface area contributed by atoms with E-state index in [-0.39, 0.29) is 23.7 Å². The van der Waals surface area contributed by atoms with Gasteiger partial charge in [-0.3, -0.25) is 4.90 Å². The Balaban J connectivity index is 2.70. The van der Waals surface area contributed by atoms with Crippen LogP contribution in [0, 0.1) is 0 Å². The van der Waals surface area contributed by atoms with Crippen LogP contribution >= 0.6 is 0 Å². The zero-order chi connectivity index (χ0) is 14.5. The van der Waals surface area contributed by atoms with Crippen LogP contribution in [0.2, 0.25) is 0 Å². The average Bonchev–Trinajstić information content (AvgIpc) is 2.36. The van der Waals surface area contributed by atoms with Crippen LogP contribution in [0.25, 0.3) is 0 Å². The Morgan fingerprint density at radius 2 is 2.05 bits per heavy atom. The minimum atomic E-state index is -3.47. The lowest BCUT2D eigenvalue weighted by molar-refractivity contribution is 0.103. The van der Waals surface area contributed by atoms with Gasteiger partial charge in [-0.1, -0.05) is 12.1 Å². The first kappa shape index (κ1) is 16.0. The van der Waals surface area contributed by atoms with Crippen LogP contribution in [0.5, 0.6) is 0 Å². The number of hydrogen-bond donors (Lipinski definition) is 1. The third-order valence-corrected chi connectivity index (χ3v) is 4.38. The molecule has 108 valence electrons. The second-order valence-corrected chi connectivity index (χ2v) is 6.43. The zero-order valence-electron chi connectivity index (χ0n) is 10.7. The van der Waals surface area contributed by atoms with Crippen molar-refractivity contribution in [3.8, 4) is 0 Å². The molecule has 7 heteroatoms. The molecule has 0 atom stereocenters. The molecule has 0 aromatic heterocycles. The molecule has 0 bridgehead atoms. The number of nitrogens with zero attached hydrogens (tertiary/aromatic N) is 1. The number of halogens is 2. The maximum atomic E-state index is 12.1. The Morgan fingerprint density at radius 3 is 2.63 bits per heavy atom. The molecule has 1 rings (SSSR count). The van der Waals surface area contributed by atoms with Gasteiger partial charge < -0.3 is 5.73 Å². The van der Waals surface area contributed by atoms with Crippen molar-refractivity contribution in [2.75, 3.05) is 25.9 Å². The second-order valence-electron chi connectivity index (χ2n) is 4.32. The maximum absolute atomic E-state index is 12.1. The molecule has 1 aromatic carbocycles. The molecule has 0 heterocycles. The van der Waals surface area contributed by atoms with Crippen molar-refractivity contribution in [3.63, 3.8) is 0 Å². The fraction of sp³-hybridized carbons (Fsp3) is 0.500. The van der Waals surface area contributed by atoms with Gasteiger partial charge in [0.2, 0.25) is 0 Å². The molecule has 0 aliphatic rings. The van der Waals surface area contributed by atoms with Crippen molar-refractivity contribution in [3.05, 3.63) is 29.8 Å². The Bertz CT molecular complexity index is 506. The summed E-state index contributed by atoms with van der Waals surface area (Å²) in [5.74, 6) is -0.190. The maximum Gasteiger partial charge on any atom is 0.251 e. The number of nitrogens with two attached hydrogens (primary N) is 1. The highest BCUT2D eigenvalue weighted by Gasteiger charge is 2.16. The van der Waals surface area contributed by atoms with Crippen LogP contribution in [0.4, 0.5) is 8.78 Å². The third-order valence-electron chi connectivity index (χ3n) is 2.68. The lowest BCUT2D eigenvalue weighted by Crippen LogP contribution is -2.30. The summed E-state index contributed by atoms with van der Waals surface area (Å²) in [5, 5.41) is 0. The second kappa shape index (κ2) is 6.93. The van der Waals surface area contributed by atoms with Crippen molar-refractivity contribution in [2.24, 2.45) is 5.73 Å². The quantitative estimate of drug-likeness (QED) is 0.818. The molecule has 4 nitrogen and oxygen atoms in total. The van der Waals surface area contributed by atoms with Gasteiger partial charge in [0, 0.05) is 13.1 Å². The summed E-state index contributed by atoms with van der Waals surface area (Å²) >= 11 is 0. The van der Waals surface area contributed by atoms with Crippen molar-refractivity contribution in [2.45, 2.75) is 17.9 Å². The van der Waals surface area contributed by atoms with Gasteiger partial charge in [-0.15, -0.1) is 0 Å². The number of sulfone groups is 1. The van der Waals surface area contributed by atoms with Crippen LogP contribution in [-0.2, 0) is 16.4 Å². The van der Waals surface area contributed by atoms with Gasteiger partial charge in [0.25, 0.3) is 6.43 Å². The van der Waals surface area contributed by atoms with E-state index in [0.717, 1.165) is 5.56 Å². The first-order valence-electron chi connectivity index (χ1n) is 5.83. The summed E-state index contributed by atoms with van der Waals surface area (Å²) in [6.45, 7) is -0.105. The smallest absolute Gasteiger partial charge is 0.251 e. The van der Waals surface area contributed by atoms with Gasteiger partial charge in [-0.25, -0.2) is 17.2 Å². The molecule has 0 radical (unpaired) electrons. The molecule has 0 aliphatic carbocycles. The lowest BCUT2D eigenvalue weighted by Gasteiger charge is -2.15. The predicted octanol–water partition coefficient (Wildman–Crippen LogP) is 1.12. The first-order chi connectivity index (χ1) is 8.85. The summed E-state index contributed by atoms with van der Waals surface area (Å²) in [7, 11) is -2.00. The van der Waals surface area contributed by atoms with E-state index in [9.17, 15) is 17.2 Å². The minimum absolute atomic E-state index is 0.0690. The fourth-order valence-electron chi connectivity index (χ4n) is 1.59. The molecular formula is C12H18F2N2O2S. The number of benzene rings is 1. The highest BCUT2D eigenvalue weighted by molar-refractivity contribution is 7.91. The summed E-state index contributed by atoms with van der Waals surface area (Å²) in [6, 6.07) is 6.37. The van der Waals surface area contributed by atoms with Crippen molar-refractivity contribution in [1.82, 2.24) is 4.90 Å². The van der Waals surface area contributed by atoms with Crippen LogP contribution in [0.3, 0.4) is 0 Å². The van der Waals surface area contributed by atoms with E-state index in [1.54, 1.807) is 12.1 Å². The molecule has 0 aliphatic heterocycles. The molecule has 0 saturated heterocycles. The van der Waals surface area contributed by atoms with Gasteiger partial charge in [-0.2, -0.15) is 0 Å². The van der Waals surface area contributed by atoms with E-state index in [4.69, 9.17) is 5.73 Å². The monoisotopic (exact) mass is 292 g/mol. The Morgan fingerprint density at radius 1 is 1.37 bits per heavy atom. The first-order valence-corrected chi connectivity index (χ1v) is 7.49. The lowest BCUT2D eigenvalue weighted by atomic mass is 10.2. The van der Waals surface area contributed by atoms with Gasteiger partial charge in [0.05, 0.1) is 17.2 Å². The van der Waals surface area contributed by atoms with Crippen molar-refractivity contribution >= 4 is 9.84 Å². The van der Waals surface area contributed by atoms with E-state index in [0.29, 0.717) is 0 Å². The van der Waals surface area contributed by atoms with Crippen LogP contribution in [-0.4, -0.2) is 45.6 Å². The van der Waals surface area contributed by atoms with Crippen LogP contribution < -0.4 is 5.73 Å². The van der Waals surface area contributed by atoms with E-state index in [2.05, 4.69) is 0 Å². The molecule has 0 amide bonds. The average molecular weight is 292 g/mol. The number of hydrogen-bond acceptors (Lipinski definition) is 4. The fourth-order valence-corrected chi connectivity index (χ4v) is 2.99. The molecule has 0 spiro atoms. The summed E-state index contributed by atoms with van der Waals surface area (Å²) in [5.41, 5.74) is 6.18. The van der Waals surface area contributed by atoms with Crippen LogP contribution in [0.1, 0.15) is 5.56 Å². The minimum Gasteiger partial charge on any atom is -0.326 e. The largest absolute Gasteiger partial charge is 0.326 e. The molecule has 0 saturated carbocycles. The van der Waals surface area contributed by atoms with Gasteiger partial charge in [-0.05, 0) is 24.7 Å². The molecular weight excluding hydrogens is 274 g/mol. The number of rotatable bonds is 7. The molecule has 2 N–H and O–H groups in total. The van der Waals surface area contributed by atoms with E-state index < -0.39 is 22.8 Å². The predicted molar refractivity (Wildman–Crippen MR) is 69.9 cm³/mol. The number of alkyl halides is 2. The Hall–Kier alpha value is -1.05. The Labute approximate surface area is 112 Å². The van der Waals surface area contributed by atoms with Crippen molar-refractivity contribution < 1.29 is 17.2 Å². The molecule has 0 unspecified atom stereocenters. The Kier molecular flexibility index (Phi) is 5.84. The van der Waals surface area contributed by atoms with Gasteiger partial charge in [0.15, 0.2) is 9.84 Å². The standard InChI is InChI=1S/C12H18F2N2O2S/c1-16(9-12(13)14)5-6-19(17,18)11-4-2-3-10(7-11)8-15/h2-4,7,12H,5-6,8-9,15H2,1H3. The summed E-state index contributed by atoms with van der Waals surface area (Å²) in [4.78, 5) is 1.48. The highest BCUT2D eigenvalue weighted by Crippen LogP contribution is 2.13. The van der Waals surface area contributed by atoms with E-state index in [1.807, 2.05) is 0 Å². The molecule has 19 heavy (non-hydrogen) atoms. The van der Waals surface area contributed by atoms with Crippen LogP contribution in [0.15, 0.2) is 29.2 Å². The summed E-state index contributed by atoms with van der Waals surface area (Å²) < 4.78 is 48.3.